The van der Waals surface area contributed by atoms with E-state index in [0.717, 1.165) is 17.0 Å². The van der Waals surface area contributed by atoms with Crippen molar-refractivity contribution in [2.24, 2.45) is 0 Å². The summed E-state index contributed by atoms with van der Waals surface area (Å²) in [5.41, 5.74) is -1.13. The lowest BCUT2D eigenvalue weighted by molar-refractivity contribution is -0.137. The van der Waals surface area contributed by atoms with Gasteiger partial charge in [0.2, 0.25) is 5.91 Å². The molecule has 0 fully saturated rings. The van der Waals surface area contributed by atoms with Gasteiger partial charge in [-0.3, -0.25) is 19.3 Å². The van der Waals surface area contributed by atoms with Gasteiger partial charge in [0.05, 0.1) is 22.4 Å². The van der Waals surface area contributed by atoms with Crippen LogP contribution in [0.3, 0.4) is 0 Å². The Hall–Kier alpha value is -3.16. The lowest BCUT2D eigenvalue weighted by Crippen LogP contribution is -2.45. The zero-order chi connectivity index (χ0) is 19.1. The van der Waals surface area contributed by atoms with Gasteiger partial charge in [-0.25, -0.2) is 0 Å². The van der Waals surface area contributed by atoms with E-state index in [1.54, 1.807) is 12.1 Å². The minimum absolute atomic E-state index is 0.160. The fourth-order valence-electron chi connectivity index (χ4n) is 2.75. The molecule has 1 atom stereocenters. The van der Waals surface area contributed by atoms with Crippen LogP contribution in [-0.2, 0) is 11.0 Å². The third-order valence-electron chi connectivity index (χ3n) is 4.08. The molecule has 134 valence electrons. The Labute approximate surface area is 146 Å². The molecule has 1 heterocycles. The van der Waals surface area contributed by atoms with Gasteiger partial charge in [0.1, 0.15) is 6.04 Å². The second kappa shape index (κ2) is 6.29. The van der Waals surface area contributed by atoms with Gasteiger partial charge in [-0.15, -0.1) is 0 Å². The van der Waals surface area contributed by atoms with E-state index in [1.807, 2.05) is 0 Å². The zero-order valence-electron chi connectivity index (χ0n) is 13.5. The molecule has 0 bridgehead atoms. The van der Waals surface area contributed by atoms with Crippen molar-refractivity contribution in [2.45, 2.75) is 19.1 Å². The summed E-state index contributed by atoms with van der Waals surface area (Å²) in [6.45, 7) is 1.28. The minimum atomic E-state index is -4.65. The van der Waals surface area contributed by atoms with Gasteiger partial charge in [-0.1, -0.05) is 24.3 Å². The smallest absolute Gasteiger partial charge is 0.324 e. The molecule has 0 radical (unpaired) electrons. The normalized spacial score (nSPS) is 15.0. The van der Waals surface area contributed by atoms with Gasteiger partial charge >= 0.3 is 6.18 Å². The van der Waals surface area contributed by atoms with Crippen LogP contribution < -0.4 is 5.32 Å². The van der Waals surface area contributed by atoms with Crippen molar-refractivity contribution in [1.82, 2.24) is 4.90 Å². The quantitative estimate of drug-likeness (QED) is 0.852. The maximum atomic E-state index is 13.0. The lowest BCUT2D eigenvalue weighted by Gasteiger charge is -2.22. The largest absolute Gasteiger partial charge is 0.418 e. The van der Waals surface area contributed by atoms with E-state index in [4.69, 9.17) is 0 Å². The molecule has 1 aliphatic rings. The van der Waals surface area contributed by atoms with Crippen LogP contribution in [0.1, 0.15) is 33.2 Å². The molecular weight excluding hydrogens is 349 g/mol. The summed E-state index contributed by atoms with van der Waals surface area (Å²) >= 11 is 0. The Morgan fingerprint density at radius 1 is 0.962 bits per heavy atom. The van der Waals surface area contributed by atoms with Crippen molar-refractivity contribution in [3.63, 3.8) is 0 Å². The summed E-state index contributed by atoms with van der Waals surface area (Å²) in [6, 6.07) is 9.29. The van der Waals surface area contributed by atoms with Crippen molar-refractivity contribution in [2.75, 3.05) is 5.32 Å². The number of para-hydroxylation sites is 1. The molecule has 1 aliphatic heterocycles. The van der Waals surface area contributed by atoms with Crippen LogP contribution in [0.25, 0.3) is 0 Å². The highest BCUT2D eigenvalue weighted by Gasteiger charge is 2.41. The highest BCUT2D eigenvalue weighted by molar-refractivity contribution is 6.23. The van der Waals surface area contributed by atoms with E-state index in [0.29, 0.717) is 0 Å². The van der Waals surface area contributed by atoms with E-state index in [9.17, 15) is 27.6 Å². The number of benzene rings is 2. The predicted molar refractivity (Wildman–Crippen MR) is 86.5 cm³/mol. The van der Waals surface area contributed by atoms with Gasteiger partial charge in [0, 0.05) is 0 Å². The SMILES string of the molecule is CC(C(=O)Nc1ccccc1C(F)(F)F)N1C(=O)c2ccccc2C1=O. The minimum Gasteiger partial charge on any atom is -0.324 e. The Morgan fingerprint density at radius 3 is 2.00 bits per heavy atom. The maximum absolute atomic E-state index is 13.0. The molecular formula is C18H13F3N2O3. The molecule has 5 nitrogen and oxygen atoms in total. The Bertz CT molecular complexity index is 874. The molecule has 2 aromatic carbocycles. The van der Waals surface area contributed by atoms with E-state index >= 15 is 0 Å². The van der Waals surface area contributed by atoms with Gasteiger partial charge in [-0.2, -0.15) is 13.2 Å². The first-order valence-corrected chi connectivity index (χ1v) is 7.66. The summed E-state index contributed by atoms with van der Waals surface area (Å²) in [6.07, 6.45) is -4.65. The first-order chi connectivity index (χ1) is 12.2. The van der Waals surface area contributed by atoms with Crippen molar-refractivity contribution >= 4 is 23.4 Å². The van der Waals surface area contributed by atoms with Crippen molar-refractivity contribution < 1.29 is 27.6 Å². The van der Waals surface area contributed by atoms with Crippen LogP contribution in [0, 0.1) is 0 Å². The molecule has 0 saturated carbocycles. The number of amides is 3. The third kappa shape index (κ3) is 2.94. The Kier molecular flexibility index (Phi) is 4.27. The summed E-state index contributed by atoms with van der Waals surface area (Å²) in [4.78, 5) is 37.9. The van der Waals surface area contributed by atoms with E-state index < -0.39 is 41.2 Å². The number of carbonyl (C=O) groups excluding carboxylic acids is 3. The van der Waals surface area contributed by atoms with Crippen molar-refractivity contribution in [3.8, 4) is 0 Å². The average molecular weight is 362 g/mol. The third-order valence-corrected chi connectivity index (χ3v) is 4.08. The van der Waals surface area contributed by atoms with Gasteiger partial charge in [0.15, 0.2) is 0 Å². The molecule has 0 aromatic heterocycles. The molecule has 0 saturated heterocycles. The van der Waals surface area contributed by atoms with Crippen LogP contribution in [-0.4, -0.2) is 28.7 Å². The van der Waals surface area contributed by atoms with Crippen LogP contribution in [0.2, 0.25) is 0 Å². The number of hydrogen-bond donors (Lipinski definition) is 1. The number of rotatable bonds is 3. The molecule has 2 aromatic rings. The Balaban J connectivity index is 1.85. The average Bonchev–Trinajstić information content (AvgIpc) is 2.85. The van der Waals surface area contributed by atoms with E-state index in [2.05, 4.69) is 5.32 Å². The second-order valence-electron chi connectivity index (χ2n) is 5.73. The summed E-state index contributed by atoms with van der Waals surface area (Å²) in [7, 11) is 0. The summed E-state index contributed by atoms with van der Waals surface area (Å²) in [5, 5.41) is 2.16. The fourth-order valence-corrected chi connectivity index (χ4v) is 2.75. The molecule has 1 unspecified atom stereocenters. The monoisotopic (exact) mass is 362 g/mol. The van der Waals surface area contributed by atoms with Crippen LogP contribution in [0.5, 0.6) is 0 Å². The summed E-state index contributed by atoms with van der Waals surface area (Å²) in [5.74, 6) is -2.20. The standard InChI is InChI=1S/C18H13F3N2O3/c1-10(23-16(25)11-6-2-3-7-12(11)17(23)26)15(24)22-14-9-5-4-8-13(14)18(19,20)21/h2-10H,1H3,(H,22,24). The summed E-state index contributed by atoms with van der Waals surface area (Å²) < 4.78 is 39.1. The van der Waals surface area contributed by atoms with Gasteiger partial charge < -0.3 is 5.32 Å². The van der Waals surface area contributed by atoms with Gasteiger partial charge in [0.25, 0.3) is 11.8 Å². The first-order valence-electron chi connectivity index (χ1n) is 7.66. The van der Waals surface area contributed by atoms with Crippen molar-refractivity contribution in [1.29, 1.82) is 0 Å². The maximum Gasteiger partial charge on any atom is 0.418 e. The number of fused-ring (bicyclic) bond motifs is 1. The zero-order valence-corrected chi connectivity index (χ0v) is 13.5. The number of anilines is 1. The van der Waals surface area contributed by atoms with E-state index in [-0.39, 0.29) is 11.1 Å². The number of nitrogens with zero attached hydrogens (tertiary/aromatic N) is 1. The molecule has 3 rings (SSSR count). The number of nitrogens with one attached hydrogen (secondary N) is 1. The van der Waals surface area contributed by atoms with Crippen molar-refractivity contribution in [3.05, 3.63) is 65.2 Å². The molecule has 8 heteroatoms. The fraction of sp³-hybridized carbons (Fsp3) is 0.167. The lowest BCUT2D eigenvalue weighted by atomic mass is 10.1. The van der Waals surface area contributed by atoms with Crippen LogP contribution >= 0.6 is 0 Å². The second-order valence-corrected chi connectivity index (χ2v) is 5.73. The molecule has 3 amide bonds. The molecule has 0 spiro atoms. The number of halogens is 3. The Morgan fingerprint density at radius 2 is 1.46 bits per heavy atom. The number of imide groups is 1. The van der Waals surface area contributed by atoms with Crippen LogP contribution in [0.15, 0.2) is 48.5 Å². The highest BCUT2D eigenvalue weighted by atomic mass is 19.4. The topological polar surface area (TPSA) is 66.5 Å². The predicted octanol–water partition coefficient (Wildman–Crippen LogP) is 3.33. The van der Waals surface area contributed by atoms with Gasteiger partial charge in [-0.05, 0) is 31.2 Å². The number of hydrogen-bond acceptors (Lipinski definition) is 3. The van der Waals surface area contributed by atoms with E-state index in [1.165, 1.54) is 31.2 Å². The molecule has 26 heavy (non-hydrogen) atoms. The number of alkyl halides is 3. The first kappa shape index (κ1) is 17.7. The number of carbonyl (C=O) groups is 3. The highest BCUT2D eigenvalue weighted by Crippen LogP contribution is 2.35. The molecule has 0 aliphatic carbocycles. The van der Waals surface area contributed by atoms with Crippen LogP contribution in [0.4, 0.5) is 18.9 Å². The molecule has 1 N–H and O–H groups in total.